The number of hydrogen-bond donors (Lipinski definition) is 2. The first-order chi connectivity index (χ1) is 9.52. The van der Waals surface area contributed by atoms with E-state index in [0.29, 0.717) is 5.75 Å². The SMILES string of the molecule is CCCNCc1ccc(OC(C)C(=O)NC(C)C)cn1. The number of pyridine rings is 1. The molecule has 0 fully saturated rings. The summed E-state index contributed by atoms with van der Waals surface area (Å²) in [5.74, 6) is 0.490. The Bertz CT molecular complexity index is 404. The van der Waals surface area contributed by atoms with E-state index in [1.807, 2.05) is 26.0 Å². The van der Waals surface area contributed by atoms with Crippen LogP contribution in [0.3, 0.4) is 0 Å². The van der Waals surface area contributed by atoms with Crippen molar-refractivity contribution in [2.45, 2.75) is 52.8 Å². The lowest BCUT2D eigenvalue weighted by atomic mass is 10.3. The van der Waals surface area contributed by atoms with Crippen molar-refractivity contribution in [2.24, 2.45) is 0 Å². The molecule has 1 heterocycles. The summed E-state index contributed by atoms with van der Waals surface area (Å²) in [6.07, 6.45) is 2.23. The molecule has 0 aliphatic heterocycles. The first-order valence-corrected chi connectivity index (χ1v) is 7.15. The van der Waals surface area contributed by atoms with Crippen LogP contribution in [0, 0.1) is 0 Å². The van der Waals surface area contributed by atoms with Crippen molar-refractivity contribution in [2.75, 3.05) is 6.54 Å². The summed E-state index contributed by atoms with van der Waals surface area (Å²) in [7, 11) is 0. The Morgan fingerprint density at radius 2 is 2.10 bits per heavy atom. The number of nitrogens with one attached hydrogen (secondary N) is 2. The fourth-order valence-corrected chi connectivity index (χ4v) is 1.64. The Hall–Kier alpha value is -1.62. The highest BCUT2D eigenvalue weighted by atomic mass is 16.5. The van der Waals surface area contributed by atoms with Gasteiger partial charge in [0.2, 0.25) is 0 Å². The lowest BCUT2D eigenvalue weighted by Gasteiger charge is -2.16. The zero-order valence-electron chi connectivity index (χ0n) is 12.8. The fourth-order valence-electron chi connectivity index (χ4n) is 1.64. The smallest absolute Gasteiger partial charge is 0.260 e. The van der Waals surface area contributed by atoms with Gasteiger partial charge in [0.05, 0.1) is 11.9 Å². The average Bonchev–Trinajstić information content (AvgIpc) is 2.40. The molecule has 0 saturated heterocycles. The molecule has 112 valence electrons. The van der Waals surface area contributed by atoms with Crippen LogP contribution in [0.1, 0.15) is 39.8 Å². The van der Waals surface area contributed by atoms with E-state index in [4.69, 9.17) is 4.74 Å². The van der Waals surface area contributed by atoms with Crippen molar-refractivity contribution in [3.8, 4) is 5.75 Å². The highest BCUT2D eigenvalue weighted by Crippen LogP contribution is 2.11. The molecule has 5 nitrogen and oxygen atoms in total. The molecule has 0 bridgehead atoms. The van der Waals surface area contributed by atoms with Crippen LogP contribution in [0.2, 0.25) is 0 Å². The third-order valence-corrected chi connectivity index (χ3v) is 2.64. The molecule has 1 rings (SSSR count). The molecule has 0 saturated carbocycles. The first-order valence-electron chi connectivity index (χ1n) is 7.15. The molecular weight excluding hydrogens is 254 g/mol. The van der Waals surface area contributed by atoms with Gasteiger partial charge in [0, 0.05) is 12.6 Å². The largest absolute Gasteiger partial charge is 0.479 e. The summed E-state index contributed by atoms with van der Waals surface area (Å²) in [4.78, 5) is 16.0. The van der Waals surface area contributed by atoms with Gasteiger partial charge in [-0.05, 0) is 45.9 Å². The number of aromatic nitrogens is 1. The van der Waals surface area contributed by atoms with Crippen molar-refractivity contribution >= 4 is 5.91 Å². The van der Waals surface area contributed by atoms with Crippen LogP contribution >= 0.6 is 0 Å². The number of carbonyl (C=O) groups excluding carboxylic acids is 1. The standard InChI is InChI=1S/C15H25N3O2/c1-5-8-16-9-13-6-7-14(10-17-13)20-12(4)15(19)18-11(2)3/h6-7,10-12,16H,5,8-9H2,1-4H3,(H,18,19). The van der Waals surface area contributed by atoms with Crippen LogP contribution in [0.15, 0.2) is 18.3 Å². The zero-order valence-corrected chi connectivity index (χ0v) is 12.8. The topological polar surface area (TPSA) is 63.2 Å². The highest BCUT2D eigenvalue weighted by Gasteiger charge is 2.15. The van der Waals surface area contributed by atoms with Crippen LogP contribution in [0.4, 0.5) is 0 Å². The summed E-state index contributed by atoms with van der Waals surface area (Å²) in [6, 6.07) is 3.86. The Morgan fingerprint density at radius 3 is 2.65 bits per heavy atom. The van der Waals surface area contributed by atoms with Gasteiger partial charge < -0.3 is 15.4 Å². The van der Waals surface area contributed by atoms with Gasteiger partial charge >= 0.3 is 0 Å². The summed E-state index contributed by atoms with van der Waals surface area (Å²) >= 11 is 0. The number of ether oxygens (including phenoxy) is 1. The van der Waals surface area contributed by atoms with Crippen LogP contribution < -0.4 is 15.4 Å². The molecule has 0 radical (unpaired) electrons. The maximum absolute atomic E-state index is 11.7. The Balaban J connectivity index is 2.46. The minimum absolute atomic E-state index is 0.110. The maximum atomic E-state index is 11.7. The van der Waals surface area contributed by atoms with Crippen molar-refractivity contribution in [3.05, 3.63) is 24.0 Å². The summed E-state index contributed by atoms with van der Waals surface area (Å²) in [5, 5.41) is 6.10. The minimum Gasteiger partial charge on any atom is -0.479 e. The van der Waals surface area contributed by atoms with Gasteiger partial charge in [-0.25, -0.2) is 0 Å². The molecule has 1 aromatic heterocycles. The van der Waals surface area contributed by atoms with Crippen molar-refractivity contribution < 1.29 is 9.53 Å². The molecular formula is C15H25N3O2. The van der Waals surface area contributed by atoms with Gasteiger partial charge in [0.25, 0.3) is 5.91 Å². The number of rotatable bonds is 8. The van der Waals surface area contributed by atoms with Crippen LogP contribution in [-0.2, 0) is 11.3 Å². The molecule has 20 heavy (non-hydrogen) atoms. The Kier molecular flexibility index (Phi) is 7.01. The van der Waals surface area contributed by atoms with Crippen molar-refractivity contribution in [1.82, 2.24) is 15.6 Å². The van der Waals surface area contributed by atoms with E-state index in [2.05, 4.69) is 22.5 Å². The second-order valence-electron chi connectivity index (χ2n) is 5.09. The summed E-state index contributed by atoms with van der Waals surface area (Å²) in [5.41, 5.74) is 0.963. The van der Waals surface area contributed by atoms with Crippen LogP contribution in [-0.4, -0.2) is 29.6 Å². The molecule has 0 spiro atoms. The van der Waals surface area contributed by atoms with E-state index in [0.717, 1.165) is 25.2 Å². The Labute approximate surface area is 121 Å². The summed E-state index contributed by atoms with van der Waals surface area (Å²) < 4.78 is 5.56. The predicted octanol–water partition coefficient (Wildman–Crippen LogP) is 1.87. The number of nitrogens with zero attached hydrogens (tertiary/aromatic N) is 1. The minimum atomic E-state index is -0.525. The van der Waals surface area contributed by atoms with Crippen molar-refractivity contribution in [1.29, 1.82) is 0 Å². The van der Waals surface area contributed by atoms with E-state index in [9.17, 15) is 4.79 Å². The van der Waals surface area contributed by atoms with Gasteiger partial charge in [-0.3, -0.25) is 9.78 Å². The quantitative estimate of drug-likeness (QED) is 0.713. The second kappa shape index (κ2) is 8.53. The molecule has 0 aromatic carbocycles. The van der Waals surface area contributed by atoms with E-state index < -0.39 is 6.10 Å². The number of carbonyl (C=O) groups is 1. The van der Waals surface area contributed by atoms with Crippen LogP contribution in [0.25, 0.3) is 0 Å². The molecule has 2 N–H and O–H groups in total. The normalized spacial score (nSPS) is 12.2. The Morgan fingerprint density at radius 1 is 1.35 bits per heavy atom. The van der Waals surface area contributed by atoms with Gasteiger partial charge in [-0.1, -0.05) is 6.92 Å². The van der Waals surface area contributed by atoms with Gasteiger partial charge in [-0.2, -0.15) is 0 Å². The lowest BCUT2D eigenvalue weighted by molar-refractivity contribution is -0.127. The molecule has 0 aliphatic carbocycles. The van der Waals surface area contributed by atoms with Gasteiger partial charge in [0.1, 0.15) is 5.75 Å². The van der Waals surface area contributed by atoms with Gasteiger partial charge in [0.15, 0.2) is 6.10 Å². The third-order valence-electron chi connectivity index (χ3n) is 2.64. The van der Waals surface area contributed by atoms with E-state index in [1.165, 1.54) is 0 Å². The number of amides is 1. The van der Waals surface area contributed by atoms with E-state index >= 15 is 0 Å². The highest BCUT2D eigenvalue weighted by molar-refractivity contribution is 5.80. The average molecular weight is 279 g/mol. The maximum Gasteiger partial charge on any atom is 0.260 e. The monoisotopic (exact) mass is 279 g/mol. The third kappa shape index (κ3) is 6.02. The second-order valence-corrected chi connectivity index (χ2v) is 5.09. The molecule has 1 atom stereocenters. The van der Waals surface area contributed by atoms with Crippen molar-refractivity contribution in [3.63, 3.8) is 0 Å². The van der Waals surface area contributed by atoms with Gasteiger partial charge in [-0.15, -0.1) is 0 Å². The zero-order chi connectivity index (χ0) is 15.0. The van der Waals surface area contributed by atoms with E-state index in [-0.39, 0.29) is 11.9 Å². The molecule has 1 amide bonds. The summed E-state index contributed by atoms with van der Waals surface area (Å²) in [6.45, 7) is 9.42. The van der Waals surface area contributed by atoms with Crippen LogP contribution in [0.5, 0.6) is 5.75 Å². The molecule has 0 aliphatic rings. The molecule has 1 unspecified atom stereocenters. The molecule has 5 heteroatoms. The lowest BCUT2D eigenvalue weighted by Crippen LogP contribution is -2.40. The predicted molar refractivity (Wildman–Crippen MR) is 79.6 cm³/mol. The molecule has 1 aromatic rings. The van der Waals surface area contributed by atoms with E-state index in [1.54, 1.807) is 13.1 Å². The first kappa shape index (κ1) is 16.4. The fraction of sp³-hybridized carbons (Fsp3) is 0.600. The number of hydrogen-bond acceptors (Lipinski definition) is 4.